The second-order valence-electron chi connectivity index (χ2n) is 8.50. The molecule has 2 amide bonds. The summed E-state index contributed by atoms with van der Waals surface area (Å²) in [6.07, 6.45) is 1.37. The van der Waals surface area contributed by atoms with Gasteiger partial charge in [0.15, 0.2) is 0 Å². The Bertz CT molecular complexity index is 1150. The highest BCUT2D eigenvalue weighted by atomic mass is 16.5. The highest BCUT2D eigenvalue weighted by molar-refractivity contribution is 6.44. The topological polar surface area (TPSA) is 79.3 Å². The lowest BCUT2D eigenvalue weighted by Gasteiger charge is -2.66. The zero-order valence-corrected chi connectivity index (χ0v) is 17.2. The highest BCUT2D eigenvalue weighted by Gasteiger charge is 2.81. The smallest absolute Gasteiger partial charge is 0.319 e. The van der Waals surface area contributed by atoms with Gasteiger partial charge >= 0.3 is 11.8 Å². The largest absolute Gasteiger partial charge is 0.497 e. The number of amides is 2. The number of rotatable bonds is 3. The van der Waals surface area contributed by atoms with Crippen molar-refractivity contribution in [2.45, 2.75) is 29.8 Å². The molecule has 5 atom stereocenters. The number of para-hydroxylation sites is 1. The van der Waals surface area contributed by atoms with Crippen molar-refractivity contribution in [3.05, 3.63) is 77.6 Å². The Morgan fingerprint density at radius 1 is 1.00 bits per heavy atom. The fourth-order valence-corrected chi connectivity index (χ4v) is 6.37. The van der Waals surface area contributed by atoms with Crippen LogP contribution < -0.4 is 4.90 Å². The van der Waals surface area contributed by atoms with E-state index in [1.807, 2.05) is 42.5 Å². The number of anilines is 1. The summed E-state index contributed by atoms with van der Waals surface area (Å²) in [7, 11) is 3.06. The molecule has 2 aromatic carbocycles. The number of piperidine rings is 1. The second-order valence-corrected chi connectivity index (χ2v) is 8.50. The molecule has 7 rings (SSSR count). The van der Waals surface area contributed by atoms with E-state index in [-0.39, 0.29) is 12.0 Å². The summed E-state index contributed by atoms with van der Waals surface area (Å²) in [4.78, 5) is 30.2. The zero-order valence-electron chi connectivity index (χ0n) is 17.2. The van der Waals surface area contributed by atoms with Gasteiger partial charge in [-0.2, -0.15) is 0 Å². The Morgan fingerprint density at radius 2 is 1.71 bits per heavy atom. The Balaban J connectivity index is 1.73. The number of nitrogens with zero attached hydrogens (tertiary/aromatic N) is 2. The van der Waals surface area contributed by atoms with Crippen LogP contribution in [0.15, 0.2) is 66.4 Å². The van der Waals surface area contributed by atoms with Crippen molar-refractivity contribution < 1.29 is 24.2 Å². The van der Waals surface area contributed by atoms with Crippen LogP contribution in [0, 0.1) is 5.92 Å². The maximum absolute atomic E-state index is 13.6. The molecule has 1 aliphatic carbocycles. The molecule has 2 saturated heterocycles. The monoisotopic (exact) mass is 418 g/mol. The lowest BCUT2D eigenvalue weighted by atomic mass is 9.59. The lowest BCUT2D eigenvalue weighted by molar-refractivity contribution is -0.235. The lowest BCUT2D eigenvalue weighted by Crippen LogP contribution is -2.80. The minimum Gasteiger partial charge on any atom is -0.497 e. The number of aliphatic hydroxyl groups is 1. The average Bonchev–Trinajstić information content (AvgIpc) is 3.06. The number of methoxy groups -OCH3 is 2. The van der Waals surface area contributed by atoms with Crippen molar-refractivity contribution >= 4 is 17.5 Å². The number of carbonyl (C=O) groups excluding carboxylic acids is 2. The van der Waals surface area contributed by atoms with Crippen LogP contribution in [0.1, 0.15) is 29.7 Å². The van der Waals surface area contributed by atoms with E-state index in [0.29, 0.717) is 23.4 Å². The van der Waals surface area contributed by atoms with Gasteiger partial charge in [-0.1, -0.05) is 48.5 Å². The van der Waals surface area contributed by atoms with Gasteiger partial charge in [-0.15, -0.1) is 0 Å². The highest BCUT2D eigenvalue weighted by Crippen LogP contribution is 2.67. The van der Waals surface area contributed by atoms with Crippen molar-refractivity contribution in [3.63, 3.8) is 0 Å². The molecule has 1 unspecified atom stereocenters. The number of hydrogen-bond donors (Lipinski definition) is 1. The van der Waals surface area contributed by atoms with Gasteiger partial charge in [0.05, 0.1) is 18.8 Å². The molecule has 4 heterocycles. The van der Waals surface area contributed by atoms with E-state index in [2.05, 4.69) is 0 Å². The van der Waals surface area contributed by atoms with Crippen molar-refractivity contribution in [1.29, 1.82) is 0 Å². The summed E-state index contributed by atoms with van der Waals surface area (Å²) in [6.45, 7) is 0. The van der Waals surface area contributed by atoms with Gasteiger partial charge in [-0.3, -0.25) is 19.4 Å². The molecule has 7 nitrogen and oxygen atoms in total. The number of carbonyl (C=O) groups is 2. The number of ether oxygens (including phenoxy) is 2. The van der Waals surface area contributed by atoms with Crippen LogP contribution in [0.2, 0.25) is 0 Å². The molecule has 7 heteroatoms. The fraction of sp³-hybridized carbons (Fsp3) is 0.333. The third-order valence-electron chi connectivity index (χ3n) is 7.44. The van der Waals surface area contributed by atoms with Gasteiger partial charge in [-0.25, -0.2) is 0 Å². The standard InChI is InChI=1S/C24H22N2O5/c1-30-18-12-15-13-23(31-2)20(27)16-10-6-7-11-17(16)25-21(28)22(29)26(24(18,23)25)19(15)14-8-4-3-5-9-14/h3-12,15,19-20,27H,13H2,1-2H3/t15-,19?,20+,23+,24+/m0/s1. The maximum Gasteiger partial charge on any atom is 0.319 e. The quantitative estimate of drug-likeness (QED) is 0.774. The third kappa shape index (κ3) is 1.84. The van der Waals surface area contributed by atoms with Crippen molar-refractivity contribution in [2.24, 2.45) is 5.92 Å². The molecule has 2 fully saturated rings. The summed E-state index contributed by atoms with van der Waals surface area (Å²) in [6, 6.07) is 16.5. The Hall–Kier alpha value is -3.16. The zero-order chi connectivity index (χ0) is 21.5. The van der Waals surface area contributed by atoms with Crippen LogP contribution in [0.3, 0.4) is 0 Å². The van der Waals surface area contributed by atoms with Crippen molar-refractivity contribution in [2.75, 3.05) is 19.1 Å². The SMILES string of the molecule is COC1=C[C@H]2C[C@@]3(OC)[C@H](O)c4ccccc4N4C(=O)C(=O)N(C2c2ccccc2)[C@@]143. The van der Waals surface area contributed by atoms with E-state index in [4.69, 9.17) is 9.47 Å². The molecule has 2 aromatic rings. The van der Waals surface area contributed by atoms with Crippen molar-refractivity contribution in [1.82, 2.24) is 4.90 Å². The summed E-state index contributed by atoms with van der Waals surface area (Å²) in [5.74, 6) is -1.01. The normalized spacial score (nSPS) is 35.1. The van der Waals surface area contributed by atoms with Gasteiger partial charge in [0.1, 0.15) is 17.5 Å². The van der Waals surface area contributed by atoms with Crippen LogP contribution in [0.4, 0.5) is 5.69 Å². The Kier molecular flexibility index (Phi) is 3.57. The molecular weight excluding hydrogens is 396 g/mol. The van der Waals surface area contributed by atoms with Crippen LogP contribution in [0.25, 0.3) is 0 Å². The van der Waals surface area contributed by atoms with Gasteiger partial charge in [0, 0.05) is 18.6 Å². The molecule has 0 radical (unpaired) electrons. The number of aliphatic hydroxyl groups excluding tert-OH is 1. The summed E-state index contributed by atoms with van der Waals surface area (Å²) in [5, 5.41) is 11.6. The number of hydrogen-bond acceptors (Lipinski definition) is 5. The van der Waals surface area contributed by atoms with Gasteiger partial charge in [0.25, 0.3) is 0 Å². The van der Waals surface area contributed by atoms with E-state index in [1.165, 1.54) is 19.1 Å². The van der Waals surface area contributed by atoms with Crippen LogP contribution in [-0.4, -0.2) is 47.3 Å². The van der Waals surface area contributed by atoms with Gasteiger partial charge in [0.2, 0.25) is 5.66 Å². The minimum atomic E-state index is -1.41. The molecule has 4 aliphatic heterocycles. The molecule has 0 saturated carbocycles. The first-order valence-electron chi connectivity index (χ1n) is 10.3. The molecule has 1 N–H and O–H groups in total. The minimum absolute atomic E-state index is 0.198. The van der Waals surface area contributed by atoms with E-state index in [0.717, 1.165) is 5.56 Å². The molecule has 31 heavy (non-hydrogen) atoms. The predicted molar refractivity (Wildman–Crippen MR) is 111 cm³/mol. The molecular formula is C24H22N2O5. The van der Waals surface area contributed by atoms with E-state index in [9.17, 15) is 14.7 Å². The van der Waals surface area contributed by atoms with Crippen LogP contribution in [0.5, 0.6) is 0 Å². The average molecular weight is 418 g/mol. The molecule has 5 aliphatic rings. The first kappa shape index (κ1) is 18.6. The molecule has 2 bridgehead atoms. The van der Waals surface area contributed by atoms with Crippen LogP contribution in [-0.2, 0) is 19.1 Å². The number of benzene rings is 2. The summed E-state index contributed by atoms with van der Waals surface area (Å²) < 4.78 is 11.9. The fourth-order valence-electron chi connectivity index (χ4n) is 6.37. The van der Waals surface area contributed by atoms with E-state index < -0.39 is 29.2 Å². The van der Waals surface area contributed by atoms with Crippen molar-refractivity contribution in [3.8, 4) is 0 Å². The first-order valence-corrected chi connectivity index (χ1v) is 10.3. The van der Waals surface area contributed by atoms with E-state index >= 15 is 0 Å². The van der Waals surface area contributed by atoms with E-state index in [1.54, 1.807) is 23.1 Å². The van der Waals surface area contributed by atoms with Gasteiger partial charge in [-0.05, 0) is 24.1 Å². The maximum atomic E-state index is 13.6. The Morgan fingerprint density at radius 3 is 2.42 bits per heavy atom. The summed E-state index contributed by atoms with van der Waals surface area (Å²) >= 11 is 0. The molecule has 1 spiro atoms. The van der Waals surface area contributed by atoms with Crippen LogP contribution >= 0.6 is 0 Å². The third-order valence-corrected chi connectivity index (χ3v) is 7.44. The first-order chi connectivity index (χ1) is 15.0. The molecule has 0 aromatic heterocycles. The number of fused-ring (bicyclic) bond motifs is 2. The summed E-state index contributed by atoms with van der Waals surface area (Å²) in [5.41, 5.74) is -0.678. The second kappa shape index (κ2) is 5.96. The molecule has 158 valence electrons. The van der Waals surface area contributed by atoms with Gasteiger partial charge < -0.3 is 14.6 Å². The predicted octanol–water partition coefficient (Wildman–Crippen LogP) is 2.30. The Labute approximate surface area is 179 Å².